The summed E-state index contributed by atoms with van der Waals surface area (Å²) in [6.45, 7) is 2.27. The van der Waals surface area contributed by atoms with Crippen molar-refractivity contribution in [3.05, 3.63) is 66.2 Å². The SMILES string of the molecule is COCCC1(c2noc(-c3ccncc3)n2)CCCN(C(=O)NCc2ccccc2)C1. The van der Waals surface area contributed by atoms with E-state index in [4.69, 9.17) is 14.2 Å². The van der Waals surface area contributed by atoms with Crippen molar-refractivity contribution >= 4 is 6.03 Å². The summed E-state index contributed by atoms with van der Waals surface area (Å²) in [5.41, 5.74) is 1.48. The normalized spacial score (nSPS) is 18.7. The number of benzene rings is 1. The molecule has 1 atom stereocenters. The zero-order valence-corrected chi connectivity index (χ0v) is 17.7. The van der Waals surface area contributed by atoms with Gasteiger partial charge in [0.05, 0.1) is 5.41 Å². The molecule has 0 bridgehead atoms. The Balaban J connectivity index is 1.51. The molecule has 31 heavy (non-hydrogen) atoms. The molecular weight excluding hydrogens is 394 g/mol. The minimum atomic E-state index is -0.410. The highest BCUT2D eigenvalue weighted by atomic mass is 16.5. The number of carbonyl (C=O) groups excluding carboxylic acids is 1. The topological polar surface area (TPSA) is 93.4 Å². The number of hydrogen-bond donors (Lipinski definition) is 1. The molecule has 2 aromatic heterocycles. The monoisotopic (exact) mass is 421 g/mol. The lowest BCUT2D eigenvalue weighted by Crippen LogP contribution is -2.52. The first-order chi connectivity index (χ1) is 15.2. The number of amides is 2. The summed E-state index contributed by atoms with van der Waals surface area (Å²) in [5.74, 6) is 1.08. The average molecular weight is 422 g/mol. The first-order valence-electron chi connectivity index (χ1n) is 10.5. The van der Waals surface area contributed by atoms with Gasteiger partial charge in [0, 0.05) is 51.3 Å². The Morgan fingerprint density at radius 3 is 2.81 bits per heavy atom. The number of rotatable bonds is 7. The van der Waals surface area contributed by atoms with Crippen molar-refractivity contribution in [2.24, 2.45) is 0 Å². The molecule has 1 aliphatic heterocycles. The van der Waals surface area contributed by atoms with Crippen molar-refractivity contribution in [1.29, 1.82) is 0 Å². The summed E-state index contributed by atoms with van der Waals surface area (Å²) in [7, 11) is 1.68. The third-order valence-electron chi connectivity index (χ3n) is 5.76. The Labute approximate surface area is 181 Å². The van der Waals surface area contributed by atoms with Gasteiger partial charge >= 0.3 is 6.03 Å². The predicted molar refractivity (Wildman–Crippen MR) is 115 cm³/mol. The van der Waals surface area contributed by atoms with Crippen LogP contribution in [-0.2, 0) is 16.7 Å². The third-order valence-corrected chi connectivity index (χ3v) is 5.76. The maximum Gasteiger partial charge on any atom is 0.317 e. The molecular formula is C23H27N5O3. The lowest BCUT2D eigenvalue weighted by molar-refractivity contribution is 0.106. The fourth-order valence-electron chi connectivity index (χ4n) is 4.04. The number of nitrogens with zero attached hydrogens (tertiary/aromatic N) is 4. The highest BCUT2D eigenvalue weighted by Gasteiger charge is 2.42. The van der Waals surface area contributed by atoms with E-state index in [2.05, 4.69) is 15.5 Å². The molecule has 4 rings (SSSR count). The molecule has 0 saturated carbocycles. The number of ether oxygens (including phenoxy) is 1. The van der Waals surface area contributed by atoms with Gasteiger partial charge in [-0.2, -0.15) is 4.98 Å². The maximum absolute atomic E-state index is 12.9. The Morgan fingerprint density at radius 1 is 1.23 bits per heavy atom. The van der Waals surface area contributed by atoms with Gasteiger partial charge < -0.3 is 19.5 Å². The molecule has 8 nitrogen and oxygen atoms in total. The Bertz CT molecular complexity index is 979. The molecule has 0 radical (unpaired) electrons. The van der Waals surface area contributed by atoms with Gasteiger partial charge in [-0.05, 0) is 37.0 Å². The largest absolute Gasteiger partial charge is 0.385 e. The molecule has 3 aromatic rings. The lowest BCUT2D eigenvalue weighted by atomic mass is 9.76. The van der Waals surface area contributed by atoms with Crippen molar-refractivity contribution < 1.29 is 14.1 Å². The number of hydrogen-bond acceptors (Lipinski definition) is 6. The molecule has 1 fully saturated rings. The van der Waals surface area contributed by atoms with Crippen molar-refractivity contribution in [2.75, 3.05) is 26.8 Å². The maximum atomic E-state index is 12.9. The molecule has 1 unspecified atom stereocenters. The van der Waals surface area contributed by atoms with E-state index in [0.717, 1.165) is 24.0 Å². The van der Waals surface area contributed by atoms with Crippen molar-refractivity contribution in [2.45, 2.75) is 31.2 Å². The molecule has 8 heteroatoms. The van der Waals surface area contributed by atoms with Crippen LogP contribution in [0.15, 0.2) is 59.4 Å². The van der Waals surface area contributed by atoms with Crippen LogP contribution < -0.4 is 5.32 Å². The molecule has 1 N–H and O–H groups in total. The molecule has 1 aromatic carbocycles. The number of carbonyl (C=O) groups is 1. The quantitative estimate of drug-likeness (QED) is 0.628. The summed E-state index contributed by atoms with van der Waals surface area (Å²) in [6, 6.07) is 13.5. The van der Waals surface area contributed by atoms with Gasteiger partial charge in [-0.3, -0.25) is 4.98 Å². The van der Waals surface area contributed by atoms with Crippen molar-refractivity contribution in [3.8, 4) is 11.5 Å². The van der Waals surface area contributed by atoms with Gasteiger partial charge in [0.25, 0.3) is 5.89 Å². The van der Waals surface area contributed by atoms with Crippen molar-refractivity contribution in [3.63, 3.8) is 0 Å². The molecule has 0 aliphatic carbocycles. The Hall–Kier alpha value is -3.26. The van der Waals surface area contributed by atoms with Gasteiger partial charge in [-0.25, -0.2) is 4.79 Å². The highest BCUT2D eigenvalue weighted by Crippen LogP contribution is 2.36. The number of aromatic nitrogens is 3. The Kier molecular flexibility index (Phi) is 6.57. The molecule has 162 valence electrons. The summed E-state index contributed by atoms with van der Waals surface area (Å²) in [6.07, 6.45) is 5.83. The minimum absolute atomic E-state index is 0.0804. The fourth-order valence-corrected chi connectivity index (χ4v) is 4.04. The second-order valence-electron chi connectivity index (χ2n) is 7.85. The van der Waals surface area contributed by atoms with Crippen LogP contribution in [0, 0.1) is 0 Å². The molecule has 0 spiro atoms. The second kappa shape index (κ2) is 9.70. The number of piperidine rings is 1. The van der Waals surface area contributed by atoms with E-state index in [9.17, 15) is 4.79 Å². The van der Waals surface area contributed by atoms with Crippen LogP contribution in [0.5, 0.6) is 0 Å². The van der Waals surface area contributed by atoms with Crippen LogP contribution in [0.3, 0.4) is 0 Å². The summed E-state index contributed by atoms with van der Waals surface area (Å²) in [4.78, 5) is 23.5. The van der Waals surface area contributed by atoms with Crippen LogP contribution in [0.2, 0.25) is 0 Å². The van der Waals surface area contributed by atoms with Gasteiger partial charge in [-0.15, -0.1) is 0 Å². The lowest BCUT2D eigenvalue weighted by Gasteiger charge is -2.40. The first kappa shape index (κ1) is 21.0. The van der Waals surface area contributed by atoms with Crippen LogP contribution in [0.1, 0.15) is 30.7 Å². The first-order valence-corrected chi connectivity index (χ1v) is 10.5. The number of pyridine rings is 1. The second-order valence-corrected chi connectivity index (χ2v) is 7.85. The van der Waals surface area contributed by atoms with Gasteiger partial charge in [-0.1, -0.05) is 35.5 Å². The average Bonchev–Trinajstić information content (AvgIpc) is 3.34. The van der Waals surface area contributed by atoms with Crippen LogP contribution in [-0.4, -0.2) is 52.9 Å². The zero-order valence-electron chi connectivity index (χ0n) is 17.7. The van der Waals surface area contributed by atoms with Gasteiger partial charge in [0.2, 0.25) is 0 Å². The Morgan fingerprint density at radius 2 is 2.03 bits per heavy atom. The smallest absolute Gasteiger partial charge is 0.317 e. The van der Waals surface area contributed by atoms with Crippen LogP contribution >= 0.6 is 0 Å². The third kappa shape index (κ3) is 4.91. The summed E-state index contributed by atoms with van der Waals surface area (Å²) >= 11 is 0. The molecule has 1 aliphatic rings. The minimum Gasteiger partial charge on any atom is -0.385 e. The number of nitrogens with one attached hydrogen (secondary N) is 1. The highest BCUT2D eigenvalue weighted by molar-refractivity contribution is 5.74. The fraction of sp³-hybridized carbons (Fsp3) is 0.391. The predicted octanol–water partition coefficient (Wildman–Crippen LogP) is 3.41. The molecule has 1 saturated heterocycles. The zero-order chi connectivity index (χ0) is 21.5. The van der Waals surface area contributed by atoms with E-state index in [1.54, 1.807) is 19.5 Å². The molecule has 3 heterocycles. The molecule has 2 amide bonds. The standard InChI is InChI=1S/C23H27N5O3/c1-30-15-11-23(21-26-20(31-27-21)19-8-12-24-13-9-19)10-5-14-28(17-23)22(29)25-16-18-6-3-2-4-7-18/h2-4,6-9,12-13H,5,10-11,14-17H2,1H3,(H,25,29). The van der Waals surface area contributed by atoms with Gasteiger partial charge in [0.15, 0.2) is 5.82 Å². The van der Waals surface area contributed by atoms with E-state index in [-0.39, 0.29) is 6.03 Å². The summed E-state index contributed by atoms with van der Waals surface area (Å²) < 4.78 is 10.9. The van der Waals surface area contributed by atoms with Crippen molar-refractivity contribution in [1.82, 2.24) is 25.3 Å². The van der Waals surface area contributed by atoms with E-state index in [1.807, 2.05) is 47.4 Å². The summed E-state index contributed by atoms with van der Waals surface area (Å²) in [5, 5.41) is 7.34. The number of urea groups is 1. The number of likely N-dealkylation sites (tertiary alicyclic amines) is 1. The van der Waals surface area contributed by atoms with Gasteiger partial charge in [0.1, 0.15) is 0 Å². The van der Waals surface area contributed by atoms with Crippen LogP contribution in [0.25, 0.3) is 11.5 Å². The van der Waals surface area contributed by atoms with E-state index >= 15 is 0 Å². The van der Waals surface area contributed by atoms with E-state index < -0.39 is 5.41 Å². The van der Waals surface area contributed by atoms with Crippen LogP contribution in [0.4, 0.5) is 4.79 Å². The van der Waals surface area contributed by atoms with E-state index in [1.165, 1.54) is 0 Å². The number of methoxy groups -OCH3 is 1. The van der Waals surface area contributed by atoms with E-state index in [0.29, 0.717) is 44.4 Å².